The SMILES string of the molecule is Cc1nc(-c2ccccc2)cc2nn(CC(=O)NCc3ccccc3)c(=O)n12. The first-order valence-electron chi connectivity index (χ1n) is 8.95. The average Bonchev–Trinajstić information content (AvgIpc) is 3.03. The minimum atomic E-state index is -0.380. The van der Waals surface area contributed by atoms with E-state index in [0.717, 1.165) is 16.8 Å². The molecule has 0 bridgehead atoms. The van der Waals surface area contributed by atoms with E-state index in [4.69, 9.17) is 0 Å². The predicted molar refractivity (Wildman–Crippen MR) is 106 cm³/mol. The highest BCUT2D eigenvalue weighted by atomic mass is 16.2. The summed E-state index contributed by atoms with van der Waals surface area (Å²) in [7, 11) is 0. The van der Waals surface area contributed by atoms with Gasteiger partial charge in [-0.1, -0.05) is 60.7 Å². The molecule has 7 nitrogen and oxygen atoms in total. The molecule has 7 heteroatoms. The molecule has 0 atom stereocenters. The van der Waals surface area contributed by atoms with Gasteiger partial charge in [0.25, 0.3) is 0 Å². The average molecular weight is 373 g/mol. The number of benzene rings is 2. The Morgan fingerprint density at radius 2 is 1.71 bits per heavy atom. The van der Waals surface area contributed by atoms with Crippen LogP contribution in [0.5, 0.6) is 0 Å². The number of carbonyl (C=O) groups excluding carboxylic acids is 1. The van der Waals surface area contributed by atoms with Gasteiger partial charge in [-0.3, -0.25) is 4.79 Å². The van der Waals surface area contributed by atoms with Crippen LogP contribution in [-0.2, 0) is 17.9 Å². The van der Waals surface area contributed by atoms with Crippen LogP contribution in [0.2, 0.25) is 0 Å². The monoisotopic (exact) mass is 373 g/mol. The summed E-state index contributed by atoms with van der Waals surface area (Å²) in [5.41, 5.74) is 2.75. The normalized spacial score (nSPS) is 10.9. The molecule has 0 radical (unpaired) electrons. The maximum absolute atomic E-state index is 12.7. The second-order valence-electron chi connectivity index (χ2n) is 6.45. The summed E-state index contributed by atoms with van der Waals surface area (Å²) >= 11 is 0. The molecule has 0 aliphatic rings. The Balaban J connectivity index is 1.58. The van der Waals surface area contributed by atoms with Crippen LogP contribution in [0.25, 0.3) is 16.9 Å². The Bertz CT molecular complexity index is 1180. The van der Waals surface area contributed by atoms with Crippen LogP contribution in [0.1, 0.15) is 11.4 Å². The fourth-order valence-electron chi connectivity index (χ4n) is 3.05. The second-order valence-corrected chi connectivity index (χ2v) is 6.45. The van der Waals surface area contributed by atoms with Crippen molar-refractivity contribution in [1.82, 2.24) is 24.5 Å². The van der Waals surface area contributed by atoms with Gasteiger partial charge in [0.15, 0.2) is 5.65 Å². The third kappa shape index (κ3) is 3.55. The topological polar surface area (TPSA) is 81.3 Å². The molecule has 0 aliphatic carbocycles. The molecule has 4 rings (SSSR count). The lowest BCUT2D eigenvalue weighted by Crippen LogP contribution is -2.32. The van der Waals surface area contributed by atoms with Crippen LogP contribution in [0.3, 0.4) is 0 Å². The van der Waals surface area contributed by atoms with Crippen molar-refractivity contribution in [3.63, 3.8) is 0 Å². The molecule has 28 heavy (non-hydrogen) atoms. The lowest BCUT2D eigenvalue weighted by Gasteiger charge is -2.04. The number of nitrogens with zero attached hydrogens (tertiary/aromatic N) is 4. The largest absolute Gasteiger partial charge is 0.352 e. The van der Waals surface area contributed by atoms with Gasteiger partial charge >= 0.3 is 5.69 Å². The van der Waals surface area contributed by atoms with Gasteiger partial charge in [-0.25, -0.2) is 18.9 Å². The quantitative estimate of drug-likeness (QED) is 0.581. The number of hydrogen-bond donors (Lipinski definition) is 1. The van der Waals surface area contributed by atoms with Crippen LogP contribution in [0.4, 0.5) is 0 Å². The van der Waals surface area contributed by atoms with E-state index in [-0.39, 0.29) is 18.1 Å². The lowest BCUT2D eigenvalue weighted by atomic mass is 10.1. The molecule has 2 aromatic heterocycles. The van der Waals surface area contributed by atoms with Gasteiger partial charge in [-0.05, 0) is 12.5 Å². The number of fused-ring (bicyclic) bond motifs is 1. The van der Waals surface area contributed by atoms with Crippen molar-refractivity contribution in [2.45, 2.75) is 20.0 Å². The van der Waals surface area contributed by atoms with Crippen molar-refractivity contribution < 1.29 is 4.79 Å². The zero-order chi connectivity index (χ0) is 19.5. The summed E-state index contributed by atoms with van der Waals surface area (Å²) in [5, 5.41) is 7.13. The van der Waals surface area contributed by atoms with Gasteiger partial charge in [-0.15, -0.1) is 5.10 Å². The van der Waals surface area contributed by atoms with E-state index in [1.54, 1.807) is 13.0 Å². The van der Waals surface area contributed by atoms with Gasteiger partial charge in [-0.2, -0.15) is 0 Å². The van der Waals surface area contributed by atoms with E-state index in [0.29, 0.717) is 18.0 Å². The van der Waals surface area contributed by atoms with Gasteiger partial charge in [0.2, 0.25) is 5.91 Å². The van der Waals surface area contributed by atoms with Crippen molar-refractivity contribution in [1.29, 1.82) is 0 Å². The molecule has 2 aromatic carbocycles. The van der Waals surface area contributed by atoms with E-state index >= 15 is 0 Å². The Morgan fingerprint density at radius 3 is 2.43 bits per heavy atom. The molecule has 4 aromatic rings. The number of aryl methyl sites for hydroxylation is 1. The Hall–Kier alpha value is -3.74. The van der Waals surface area contributed by atoms with Crippen molar-refractivity contribution in [2.75, 3.05) is 0 Å². The van der Waals surface area contributed by atoms with Gasteiger partial charge in [0.05, 0.1) is 5.69 Å². The Labute approximate surface area is 161 Å². The molecular weight excluding hydrogens is 354 g/mol. The molecule has 0 saturated heterocycles. The highest BCUT2D eigenvalue weighted by molar-refractivity contribution is 5.75. The van der Waals surface area contributed by atoms with Crippen molar-refractivity contribution in [3.05, 3.63) is 88.6 Å². The van der Waals surface area contributed by atoms with Crippen molar-refractivity contribution >= 4 is 11.6 Å². The van der Waals surface area contributed by atoms with E-state index in [2.05, 4.69) is 15.4 Å². The van der Waals surface area contributed by atoms with Gasteiger partial charge < -0.3 is 5.32 Å². The first kappa shape index (κ1) is 17.7. The van der Waals surface area contributed by atoms with E-state index in [1.165, 1.54) is 9.08 Å². The molecule has 2 heterocycles. The van der Waals surface area contributed by atoms with Crippen molar-refractivity contribution in [3.8, 4) is 11.3 Å². The number of carbonyl (C=O) groups is 1. The molecule has 0 unspecified atom stereocenters. The highest BCUT2D eigenvalue weighted by Gasteiger charge is 2.14. The third-order valence-electron chi connectivity index (χ3n) is 4.43. The maximum Gasteiger partial charge on any atom is 0.352 e. The predicted octanol–water partition coefficient (Wildman–Crippen LogP) is 2.18. The Kier molecular flexibility index (Phi) is 4.72. The van der Waals surface area contributed by atoms with E-state index in [1.807, 2.05) is 60.7 Å². The van der Waals surface area contributed by atoms with Crippen molar-refractivity contribution in [2.24, 2.45) is 0 Å². The molecular formula is C21H19N5O2. The lowest BCUT2D eigenvalue weighted by molar-refractivity contribution is -0.122. The van der Waals surface area contributed by atoms with Gasteiger partial charge in [0, 0.05) is 18.2 Å². The smallest absolute Gasteiger partial charge is 0.350 e. The zero-order valence-electron chi connectivity index (χ0n) is 15.4. The van der Waals surface area contributed by atoms with Crippen LogP contribution in [-0.4, -0.2) is 25.1 Å². The van der Waals surface area contributed by atoms with Gasteiger partial charge in [0.1, 0.15) is 12.4 Å². The third-order valence-corrected chi connectivity index (χ3v) is 4.43. The molecule has 0 fully saturated rings. The molecule has 0 saturated carbocycles. The summed E-state index contributed by atoms with van der Waals surface area (Å²) in [6.45, 7) is 2.01. The van der Waals surface area contributed by atoms with E-state index in [9.17, 15) is 9.59 Å². The second kappa shape index (κ2) is 7.48. The molecule has 0 spiro atoms. The fraction of sp³-hybridized carbons (Fsp3) is 0.143. The summed E-state index contributed by atoms with van der Waals surface area (Å²) in [6, 6.07) is 21.0. The Morgan fingerprint density at radius 1 is 1.04 bits per heavy atom. The summed E-state index contributed by atoms with van der Waals surface area (Å²) in [6.07, 6.45) is 0. The molecule has 140 valence electrons. The van der Waals surface area contributed by atoms with Crippen LogP contribution >= 0.6 is 0 Å². The summed E-state index contributed by atoms with van der Waals surface area (Å²) in [5.74, 6) is 0.251. The highest BCUT2D eigenvalue weighted by Crippen LogP contribution is 2.18. The standard InChI is InChI=1S/C21H19N5O2/c1-15-23-18(17-10-6-3-7-11-17)12-19-24-25(21(28)26(15)19)14-20(27)22-13-16-8-4-2-5-9-16/h2-12H,13-14H2,1H3,(H,22,27). The maximum atomic E-state index is 12.7. The van der Waals surface area contributed by atoms with Crippen LogP contribution in [0, 0.1) is 6.92 Å². The zero-order valence-corrected chi connectivity index (χ0v) is 15.4. The van der Waals surface area contributed by atoms with Crippen LogP contribution in [0.15, 0.2) is 71.5 Å². The number of nitrogens with one attached hydrogen (secondary N) is 1. The first-order valence-corrected chi connectivity index (χ1v) is 8.95. The van der Waals surface area contributed by atoms with Crippen LogP contribution < -0.4 is 11.0 Å². The molecule has 1 N–H and O–H groups in total. The van der Waals surface area contributed by atoms with E-state index < -0.39 is 0 Å². The number of aromatic nitrogens is 4. The fourth-order valence-corrected chi connectivity index (χ4v) is 3.05. The molecule has 0 aliphatic heterocycles. The number of amides is 1. The minimum absolute atomic E-state index is 0.145. The number of rotatable bonds is 5. The summed E-state index contributed by atoms with van der Waals surface area (Å²) < 4.78 is 2.58. The molecule has 1 amide bonds. The number of hydrogen-bond acceptors (Lipinski definition) is 4. The summed E-state index contributed by atoms with van der Waals surface area (Å²) in [4.78, 5) is 29.4. The first-order chi connectivity index (χ1) is 13.6. The minimum Gasteiger partial charge on any atom is -0.350 e.